The zero-order valence-corrected chi connectivity index (χ0v) is 10.6. The van der Waals surface area contributed by atoms with Crippen molar-refractivity contribution in [3.05, 3.63) is 34.8 Å². The van der Waals surface area contributed by atoms with Gasteiger partial charge in [-0.3, -0.25) is 0 Å². The first-order valence-corrected chi connectivity index (χ1v) is 6.75. The van der Waals surface area contributed by atoms with Crippen molar-refractivity contribution in [1.82, 2.24) is 4.98 Å². The van der Waals surface area contributed by atoms with Gasteiger partial charge in [-0.15, -0.1) is 11.3 Å². The fourth-order valence-electron chi connectivity index (χ4n) is 2.09. The van der Waals surface area contributed by atoms with Gasteiger partial charge in [-0.2, -0.15) is 0 Å². The van der Waals surface area contributed by atoms with Crippen LogP contribution in [-0.2, 0) is 6.42 Å². The van der Waals surface area contributed by atoms with Crippen molar-refractivity contribution in [2.24, 2.45) is 0 Å². The Balaban J connectivity index is 1.84. The molecule has 1 aromatic heterocycles. The van der Waals surface area contributed by atoms with E-state index in [2.05, 4.69) is 39.2 Å². The van der Waals surface area contributed by atoms with Crippen LogP contribution in [-0.4, -0.2) is 11.5 Å². The summed E-state index contributed by atoms with van der Waals surface area (Å²) in [5, 5.41) is 9.79. The molecular formula is C13H15N3S. The lowest BCUT2D eigenvalue weighted by molar-refractivity contribution is 0.830. The molecule has 3 nitrogen and oxygen atoms in total. The summed E-state index contributed by atoms with van der Waals surface area (Å²) in [4.78, 5) is 4.41. The number of benzene rings is 1. The lowest BCUT2D eigenvalue weighted by atomic mass is 10.0. The molecule has 0 bridgehead atoms. The molecule has 1 aromatic carbocycles. The van der Waals surface area contributed by atoms with E-state index in [0.717, 1.165) is 29.5 Å². The Bertz CT molecular complexity index is 533. The third kappa shape index (κ3) is 2.26. The molecule has 0 saturated carbocycles. The molecule has 0 amide bonds. The highest BCUT2D eigenvalue weighted by molar-refractivity contribution is 7.13. The minimum absolute atomic E-state index is 0.964. The number of anilines is 3. The lowest BCUT2D eigenvalue weighted by Crippen LogP contribution is -2.11. The first-order chi connectivity index (χ1) is 8.31. The van der Waals surface area contributed by atoms with Gasteiger partial charge < -0.3 is 10.6 Å². The molecular weight excluding hydrogens is 230 g/mol. The maximum absolute atomic E-state index is 4.41. The maximum atomic E-state index is 4.41. The number of aryl methyl sites for hydroxylation is 2. The number of nitrogens with one attached hydrogen (secondary N) is 2. The van der Waals surface area contributed by atoms with Crippen molar-refractivity contribution < 1.29 is 0 Å². The van der Waals surface area contributed by atoms with Gasteiger partial charge >= 0.3 is 0 Å². The number of aromatic nitrogens is 1. The van der Waals surface area contributed by atoms with E-state index in [1.54, 1.807) is 11.3 Å². The molecule has 0 saturated heterocycles. The van der Waals surface area contributed by atoms with Crippen molar-refractivity contribution in [2.75, 3.05) is 17.2 Å². The van der Waals surface area contributed by atoms with Gasteiger partial charge in [0.1, 0.15) is 0 Å². The smallest absolute Gasteiger partial charge is 0.187 e. The molecule has 17 heavy (non-hydrogen) atoms. The van der Waals surface area contributed by atoms with Crippen molar-refractivity contribution >= 4 is 27.8 Å². The quantitative estimate of drug-likeness (QED) is 0.849. The number of hydrogen-bond donors (Lipinski definition) is 2. The van der Waals surface area contributed by atoms with Crippen LogP contribution in [0.2, 0.25) is 0 Å². The standard InChI is InChI=1S/C13H15N3S/c1-9-8-17-13(15-9)16-11-4-5-12-10(7-11)3-2-6-14-12/h4-5,7-8,14H,2-3,6H2,1H3,(H,15,16). The van der Waals surface area contributed by atoms with E-state index >= 15 is 0 Å². The van der Waals surface area contributed by atoms with Crippen molar-refractivity contribution in [2.45, 2.75) is 19.8 Å². The molecule has 4 heteroatoms. The van der Waals surface area contributed by atoms with Crippen LogP contribution in [0.25, 0.3) is 0 Å². The van der Waals surface area contributed by atoms with E-state index in [-0.39, 0.29) is 0 Å². The fourth-order valence-corrected chi connectivity index (χ4v) is 2.80. The summed E-state index contributed by atoms with van der Waals surface area (Å²) in [5.41, 5.74) is 4.87. The molecule has 2 N–H and O–H groups in total. The molecule has 0 aliphatic carbocycles. The summed E-state index contributed by atoms with van der Waals surface area (Å²) in [6, 6.07) is 6.48. The van der Waals surface area contributed by atoms with Crippen LogP contribution in [0.15, 0.2) is 23.6 Å². The summed E-state index contributed by atoms with van der Waals surface area (Å²) in [7, 11) is 0. The molecule has 3 rings (SSSR count). The normalized spacial score (nSPS) is 13.9. The van der Waals surface area contributed by atoms with Gasteiger partial charge in [0.15, 0.2) is 5.13 Å². The Kier molecular flexibility index (Phi) is 2.73. The van der Waals surface area contributed by atoms with E-state index in [4.69, 9.17) is 0 Å². The summed E-state index contributed by atoms with van der Waals surface area (Å²) in [6.45, 7) is 3.10. The van der Waals surface area contributed by atoms with Crippen LogP contribution >= 0.6 is 11.3 Å². The van der Waals surface area contributed by atoms with Gasteiger partial charge in [0.25, 0.3) is 0 Å². The summed E-state index contributed by atoms with van der Waals surface area (Å²) in [6.07, 6.45) is 2.38. The van der Waals surface area contributed by atoms with Gasteiger partial charge in [0.2, 0.25) is 0 Å². The fraction of sp³-hybridized carbons (Fsp3) is 0.308. The highest BCUT2D eigenvalue weighted by Gasteiger charge is 2.09. The van der Waals surface area contributed by atoms with Crippen LogP contribution in [0, 0.1) is 6.92 Å². The second-order valence-electron chi connectivity index (χ2n) is 4.32. The van der Waals surface area contributed by atoms with E-state index in [1.165, 1.54) is 17.7 Å². The SMILES string of the molecule is Cc1csc(Nc2ccc3c(c2)CCCN3)n1. The predicted octanol–water partition coefficient (Wildman–Crippen LogP) is 3.55. The highest BCUT2D eigenvalue weighted by atomic mass is 32.1. The number of fused-ring (bicyclic) bond motifs is 1. The number of thiazole rings is 1. The summed E-state index contributed by atoms with van der Waals surface area (Å²) in [5.74, 6) is 0. The molecule has 0 unspecified atom stereocenters. The molecule has 0 spiro atoms. The Labute approximate surface area is 105 Å². The Morgan fingerprint density at radius 2 is 2.35 bits per heavy atom. The van der Waals surface area contributed by atoms with E-state index < -0.39 is 0 Å². The lowest BCUT2D eigenvalue weighted by Gasteiger charge is -2.18. The minimum atomic E-state index is 0.964. The molecule has 0 fully saturated rings. The summed E-state index contributed by atoms with van der Waals surface area (Å²) < 4.78 is 0. The first-order valence-electron chi connectivity index (χ1n) is 5.87. The van der Waals surface area contributed by atoms with Crippen LogP contribution in [0.4, 0.5) is 16.5 Å². The van der Waals surface area contributed by atoms with Crippen LogP contribution in [0.1, 0.15) is 17.7 Å². The third-order valence-electron chi connectivity index (χ3n) is 2.91. The van der Waals surface area contributed by atoms with Gasteiger partial charge in [-0.05, 0) is 43.5 Å². The minimum Gasteiger partial charge on any atom is -0.385 e. The van der Waals surface area contributed by atoms with Crippen molar-refractivity contribution in [1.29, 1.82) is 0 Å². The predicted molar refractivity (Wildman–Crippen MR) is 73.4 cm³/mol. The average molecular weight is 245 g/mol. The van der Waals surface area contributed by atoms with Gasteiger partial charge in [-0.1, -0.05) is 0 Å². The number of nitrogens with zero attached hydrogens (tertiary/aromatic N) is 1. The average Bonchev–Trinajstić information content (AvgIpc) is 2.75. The zero-order chi connectivity index (χ0) is 11.7. The third-order valence-corrected chi connectivity index (χ3v) is 3.79. The Morgan fingerprint density at radius 3 is 3.18 bits per heavy atom. The van der Waals surface area contributed by atoms with Gasteiger partial charge in [-0.25, -0.2) is 4.98 Å². The second kappa shape index (κ2) is 4.37. The van der Waals surface area contributed by atoms with Gasteiger partial charge in [0.05, 0.1) is 5.69 Å². The molecule has 0 radical (unpaired) electrons. The number of hydrogen-bond acceptors (Lipinski definition) is 4. The number of rotatable bonds is 2. The topological polar surface area (TPSA) is 37.0 Å². The van der Waals surface area contributed by atoms with E-state index in [0.29, 0.717) is 0 Å². The van der Waals surface area contributed by atoms with Crippen molar-refractivity contribution in [3.63, 3.8) is 0 Å². The van der Waals surface area contributed by atoms with Gasteiger partial charge in [0, 0.05) is 23.3 Å². The highest BCUT2D eigenvalue weighted by Crippen LogP contribution is 2.27. The van der Waals surface area contributed by atoms with Crippen LogP contribution in [0.5, 0.6) is 0 Å². The molecule has 2 heterocycles. The molecule has 88 valence electrons. The van der Waals surface area contributed by atoms with E-state index in [1.807, 2.05) is 6.92 Å². The van der Waals surface area contributed by atoms with Crippen LogP contribution < -0.4 is 10.6 Å². The summed E-state index contributed by atoms with van der Waals surface area (Å²) >= 11 is 1.64. The molecule has 1 aliphatic heterocycles. The second-order valence-corrected chi connectivity index (χ2v) is 5.18. The monoisotopic (exact) mass is 245 g/mol. The maximum Gasteiger partial charge on any atom is 0.187 e. The van der Waals surface area contributed by atoms with Crippen LogP contribution in [0.3, 0.4) is 0 Å². The molecule has 0 atom stereocenters. The molecule has 1 aliphatic rings. The first kappa shape index (κ1) is 10.6. The largest absolute Gasteiger partial charge is 0.385 e. The van der Waals surface area contributed by atoms with E-state index in [9.17, 15) is 0 Å². The van der Waals surface area contributed by atoms with Crippen molar-refractivity contribution in [3.8, 4) is 0 Å². The Hall–Kier alpha value is -1.55. The molecule has 2 aromatic rings. The Morgan fingerprint density at radius 1 is 1.41 bits per heavy atom. The zero-order valence-electron chi connectivity index (χ0n) is 9.79.